The minimum atomic E-state index is -0.0246. The summed E-state index contributed by atoms with van der Waals surface area (Å²) in [5, 5.41) is 12.8. The molecule has 0 fully saturated rings. The van der Waals surface area contributed by atoms with Gasteiger partial charge in [0.15, 0.2) is 5.01 Å². The second kappa shape index (κ2) is 5.75. The molecule has 1 N–H and O–H groups in total. The van der Waals surface area contributed by atoms with E-state index in [4.69, 9.17) is 0 Å². The number of rotatable bonds is 4. The highest BCUT2D eigenvalue weighted by molar-refractivity contribution is 7.18. The lowest BCUT2D eigenvalue weighted by Crippen LogP contribution is -2.22. The molecular formula is C14H20N4OS. The first-order valence-electron chi connectivity index (χ1n) is 6.70. The fourth-order valence-electron chi connectivity index (χ4n) is 2.03. The molecule has 0 unspecified atom stereocenters. The van der Waals surface area contributed by atoms with Crippen molar-refractivity contribution >= 4 is 16.5 Å². The van der Waals surface area contributed by atoms with Crippen LogP contribution in [0.1, 0.15) is 39.3 Å². The molecule has 0 aliphatic carbocycles. The molecule has 0 radical (unpaired) electrons. The molecule has 6 heteroatoms. The molecule has 108 valence electrons. The first-order chi connectivity index (χ1) is 9.40. The third-order valence-electron chi connectivity index (χ3n) is 3.00. The van der Waals surface area contributed by atoms with Crippen molar-refractivity contribution in [2.75, 3.05) is 5.32 Å². The molecule has 2 aromatic heterocycles. The Labute approximate surface area is 122 Å². The molecule has 0 bridgehead atoms. The van der Waals surface area contributed by atoms with E-state index in [2.05, 4.69) is 29.4 Å². The van der Waals surface area contributed by atoms with Gasteiger partial charge in [0.2, 0.25) is 5.13 Å². The Morgan fingerprint density at radius 3 is 2.50 bits per heavy atom. The van der Waals surface area contributed by atoms with E-state index in [1.165, 1.54) is 11.3 Å². The summed E-state index contributed by atoms with van der Waals surface area (Å²) < 4.78 is 1.69. The summed E-state index contributed by atoms with van der Waals surface area (Å²) in [6.07, 6.45) is 0. The van der Waals surface area contributed by atoms with Crippen LogP contribution in [0.15, 0.2) is 16.9 Å². The Morgan fingerprint density at radius 2 is 1.90 bits per heavy atom. The van der Waals surface area contributed by atoms with Gasteiger partial charge in [-0.05, 0) is 31.9 Å². The van der Waals surface area contributed by atoms with Crippen LogP contribution in [0.4, 0.5) is 5.13 Å². The van der Waals surface area contributed by atoms with E-state index >= 15 is 0 Å². The molecule has 0 spiro atoms. The van der Waals surface area contributed by atoms with Crippen molar-refractivity contribution in [1.82, 2.24) is 14.8 Å². The number of aromatic nitrogens is 3. The maximum Gasteiger partial charge on any atom is 0.260 e. The SMILES string of the molecule is CC(C)Nc1nnc(-c2ccc(C(C)C)n(C)c2=O)s1. The van der Waals surface area contributed by atoms with E-state index in [1.807, 2.05) is 26.0 Å². The summed E-state index contributed by atoms with van der Waals surface area (Å²) >= 11 is 1.40. The molecule has 0 saturated carbocycles. The molecule has 0 aromatic carbocycles. The van der Waals surface area contributed by atoms with Gasteiger partial charge >= 0.3 is 0 Å². The first kappa shape index (κ1) is 14.7. The second-order valence-electron chi connectivity index (χ2n) is 5.40. The van der Waals surface area contributed by atoms with E-state index in [0.29, 0.717) is 22.5 Å². The van der Waals surface area contributed by atoms with Gasteiger partial charge in [0.05, 0.1) is 5.56 Å². The molecule has 0 aliphatic rings. The normalized spacial score (nSPS) is 11.3. The van der Waals surface area contributed by atoms with E-state index in [1.54, 1.807) is 11.6 Å². The number of nitrogens with one attached hydrogen (secondary N) is 1. The van der Waals surface area contributed by atoms with Crippen LogP contribution in [-0.2, 0) is 7.05 Å². The lowest BCUT2D eigenvalue weighted by atomic mass is 10.1. The van der Waals surface area contributed by atoms with Crippen LogP contribution >= 0.6 is 11.3 Å². The number of hydrogen-bond acceptors (Lipinski definition) is 5. The highest BCUT2D eigenvalue weighted by Gasteiger charge is 2.14. The third kappa shape index (κ3) is 2.90. The summed E-state index contributed by atoms with van der Waals surface area (Å²) in [5.41, 5.74) is 1.60. The zero-order chi connectivity index (χ0) is 14.9. The van der Waals surface area contributed by atoms with Crippen molar-refractivity contribution in [1.29, 1.82) is 0 Å². The van der Waals surface area contributed by atoms with E-state index in [-0.39, 0.29) is 5.56 Å². The van der Waals surface area contributed by atoms with Gasteiger partial charge < -0.3 is 9.88 Å². The van der Waals surface area contributed by atoms with Gasteiger partial charge in [0.1, 0.15) is 0 Å². The zero-order valence-electron chi connectivity index (χ0n) is 12.5. The van der Waals surface area contributed by atoms with Gasteiger partial charge in [-0.2, -0.15) is 0 Å². The van der Waals surface area contributed by atoms with Gasteiger partial charge in [-0.25, -0.2) is 0 Å². The molecule has 2 aromatic rings. The minimum absolute atomic E-state index is 0.0246. The predicted molar refractivity (Wildman–Crippen MR) is 83.4 cm³/mol. The topological polar surface area (TPSA) is 59.8 Å². The minimum Gasteiger partial charge on any atom is -0.358 e. The lowest BCUT2D eigenvalue weighted by Gasteiger charge is -2.12. The van der Waals surface area contributed by atoms with Gasteiger partial charge in [0, 0.05) is 18.8 Å². The van der Waals surface area contributed by atoms with Crippen LogP contribution in [0.5, 0.6) is 0 Å². The third-order valence-corrected chi connectivity index (χ3v) is 3.89. The molecule has 20 heavy (non-hydrogen) atoms. The molecule has 0 atom stereocenters. The van der Waals surface area contributed by atoms with E-state index in [9.17, 15) is 4.79 Å². The van der Waals surface area contributed by atoms with Crippen LogP contribution in [0, 0.1) is 0 Å². The van der Waals surface area contributed by atoms with Crippen LogP contribution in [0.25, 0.3) is 10.6 Å². The predicted octanol–water partition coefficient (Wildman–Crippen LogP) is 2.85. The standard InChI is InChI=1S/C14H20N4OS/c1-8(2)11-7-6-10(13(19)18(11)5)12-16-17-14(20-12)15-9(3)4/h6-9H,1-5H3,(H,15,17). The van der Waals surface area contributed by atoms with Crippen LogP contribution in [0.3, 0.4) is 0 Å². The molecule has 2 rings (SSSR count). The molecule has 0 aliphatic heterocycles. The fourth-order valence-corrected chi connectivity index (χ4v) is 2.94. The molecular weight excluding hydrogens is 272 g/mol. The molecule has 5 nitrogen and oxygen atoms in total. The number of hydrogen-bond donors (Lipinski definition) is 1. The van der Waals surface area contributed by atoms with Gasteiger partial charge in [-0.1, -0.05) is 25.2 Å². The molecule has 2 heterocycles. The number of anilines is 1. The van der Waals surface area contributed by atoms with Crippen molar-refractivity contribution in [3.63, 3.8) is 0 Å². The highest BCUT2D eigenvalue weighted by atomic mass is 32.1. The monoisotopic (exact) mass is 292 g/mol. The Kier molecular flexibility index (Phi) is 4.23. The van der Waals surface area contributed by atoms with Gasteiger partial charge in [-0.15, -0.1) is 10.2 Å². The maximum absolute atomic E-state index is 12.4. The summed E-state index contributed by atoms with van der Waals surface area (Å²) in [5.74, 6) is 0.314. The number of nitrogens with zero attached hydrogens (tertiary/aromatic N) is 3. The summed E-state index contributed by atoms with van der Waals surface area (Å²) in [4.78, 5) is 12.4. The maximum atomic E-state index is 12.4. The van der Waals surface area contributed by atoms with Crippen molar-refractivity contribution in [3.8, 4) is 10.6 Å². The van der Waals surface area contributed by atoms with Crippen LogP contribution < -0.4 is 10.9 Å². The average Bonchev–Trinajstić information content (AvgIpc) is 2.79. The summed E-state index contributed by atoms with van der Waals surface area (Å²) in [7, 11) is 1.80. The molecule has 0 amide bonds. The Balaban J connectivity index is 2.41. The zero-order valence-corrected chi connectivity index (χ0v) is 13.3. The van der Waals surface area contributed by atoms with Crippen LogP contribution in [0.2, 0.25) is 0 Å². The second-order valence-corrected chi connectivity index (χ2v) is 6.38. The van der Waals surface area contributed by atoms with E-state index in [0.717, 1.165) is 10.8 Å². The lowest BCUT2D eigenvalue weighted by molar-refractivity contribution is 0.708. The van der Waals surface area contributed by atoms with Crippen molar-refractivity contribution < 1.29 is 0 Å². The highest BCUT2D eigenvalue weighted by Crippen LogP contribution is 2.25. The quantitative estimate of drug-likeness (QED) is 0.941. The fraction of sp³-hybridized carbons (Fsp3) is 0.500. The Hall–Kier alpha value is -1.69. The average molecular weight is 292 g/mol. The Morgan fingerprint density at radius 1 is 1.20 bits per heavy atom. The Bertz CT molecular complexity index is 657. The largest absolute Gasteiger partial charge is 0.358 e. The van der Waals surface area contributed by atoms with Crippen molar-refractivity contribution in [2.24, 2.45) is 7.05 Å². The van der Waals surface area contributed by atoms with Crippen molar-refractivity contribution in [3.05, 3.63) is 28.2 Å². The van der Waals surface area contributed by atoms with Crippen LogP contribution in [-0.4, -0.2) is 20.8 Å². The first-order valence-corrected chi connectivity index (χ1v) is 7.52. The molecule has 0 saturated heterocycles. The summed E-state index contributed by atoms with van der Waals surface area (Å²) in [6, 6.07) is 4.12. The smallest absolute Gasteiger partial charge is 0.260 e. The van der Waals surface area contributed by atoms with Crippen molar-refractivity contribution in [2.45, 2.75) is 39.7 Å². The van der Waals surface area contributed by atoms with Gasteiger partial charge in [-0.3, -0.25) is 4.79 Å². The van der Waals surface area contributed by atoms with E-state index < -0.39 is 0 Å². The number of pyridine rings is 1. The summed E-state index contributed by atoms with van der Waals surface area (Å²) in [6.45, 7) is 8.23. The van der Waals surface area contributed by atoms with Gasteiger partial charge in [0.25, 0.3) is 5.56 Å².